The molecule has 9 heteroatoms. The first-order valence-corrected chi connectivity index (χ1v) is 15.7. The number of hydrogen-bond acceptors (Lipinski definition) is 8. The minimum atomic E-state index is -0.566. The molecule has 1 fully saturated rings. The number of carbonyl (C=O) groups is 1. The molecule has 4 atom stereocenters. The summed E-state index contributed by atoms with van der Waals surface area (Å²) in [5.41, 5.74) is 6.85. The molecule has 1 aromatic heterocycles. The highest BCUT2D eigenvalue weighted by Crippen LogP contribution is 2.42. The predicted molar refractivity (Wildman–Crippen MR) is 173 cm³/mol. The predicted octanol–water partition coefficient (Wildman–Crippen LogP) is 5.37. The van der Waals surface area contributed by atoms with Crippen LogP contribution in [0.3, 0.4) is 0 Å². The number of carbonyl (C=O) groups excluding carboxylic acids is 1. The summed E-state index contributed by atoms with van der Waals surface area (Å²) in [5.74, 6) is 1.41. The van der Waals surface area contributed by atoms with Crippen molar-refractivity contribution < 1.29 is 28.8 Å². The van der Waals surface area contributed by atoms with Crippen molar-refractivity contribution in [1.82, 2.24) is 15.2 Å². The fourth-order valence-corrected chi connectivity index (χ4v) is 6.25. The number of aromatic nitrogens is 1. The van der Waals surface area contributed by atoms with Crippen molar-refractivity contribution in [2.75, 3.05) is 27.3 Å². The van der Waals surface area contributed by atoms with Crippen molar-refractivity contribution in [2.24, 2.45) is 5.92 Å². The Balaban J connectivity index is 1.19. The highest BCUT2D eigenvalue weighted by molar-refractivity contribution is 5.93. The summed E-state index contributed by atoms with van der Waals surface area (Å²) in [5, 5.41) is 12.5. The number of aliphatic hydroxyl groups excluding tert-OH is 1. The molecule has 3 heterocycles. The van der Waals surface area contributed by atoms with Crippen molar-refractivity contribution in [3.63, 3.8) is 0 Å². The SMILES string of the molecule is COc1cc2c(cc1OC)CN(C[C@@H]1O[C@H](c3ccc(CNC(=O)c4cccnc4)cc3)O[C@H](c3ccc(CO)cc3)[C@@H]1C)CC2. The Kier molecular flexibility index (Phi) is 9.94. The molecular weight excluding hydrogens is 582 g/mol. The minimum absolute atomic E-state index is 0.00213. The van der Waals surface area contributed by atoms with Gasteiger partial charge in [0.2, 0.25) is 0 Å². The third-order valence-electron chi connectivity index (χ3n) is 8.99. The van der Waals surface area contributed by atoms with E-state index >= 15 is 0 Å². The number of rotatable bonds is 10. The summed E-state index contributed by atoms with van der Waals surface area (Å²) in [7, 11) is 3.34. The zero-order chi connectivity index (χ0) is 32.0. The second-order valence-electron chi connectivity index (χ2n) is 11.9. The van der Waals surface area contributed by atoms with Crippen LogP contribution in [0, 0.1) is 5.92 Å². The molecule has 0 saturated carbocycles. The number of amides is 1. The van der Waals surface area contributed by atoms with E-state index in [0.717, 1.165) is 59.8 Å². The molecule has 0 radical (unpaired) electrons. The molecule has 0 aliphatic carbocycles. The smallest absolute Gasteiger partial charge is 0.253 e. The molecule has 0 spiro atoms. The zero-order valence-electron chi connectivity index (χ0n) is 26.5. The molecule has 9 nitrogen and oxygen atoms in total. The lowest BCUT2D eigenvalue weighted by Gasteiger charge is -2.43. The van der Waals surface area contributed by atoms with Crippen LogP contribution in [0.2, 0.25) is 0 Å². The van der Waals surface area contributed by atoms with Crippen LogP contribution in [-0.4, -0.2) is 54.3 Å². The number of nitrogens with zero attached hydrogens (tertiary/aromatic N) is 2. The summed E-state index contributed by atoms with van der Waals surface area (Å²) >= 11 is 0. The molecule has 4 aromatic rings. The molecular formula is C37H41N3O6. The number of aliphatic hydroxyl groups is 1. The monoisotopic (exact) mass is 623 g/mol. The van der Waals surface area contributed by atoms with Crippen molar-refractivity contribution in [2.45, 2.75) is 51.5 Å². The first-order valence-electron chi connectivity index (χ1n) is 15.7. The van der Waals surface area contributed by atoms with Crippen LogP contribution in [0.15, 0.2) is 85.2 Å². The van der Waals surface area contributed by atoms with Crippen molar-refractivity contribution in [1.29, 1.82) is 0 Å². The molecule has 2 aliphatic rings. The first kappa shape index (κ1) is 31.7. The second-order valence-corrected chi connectivity index (χ2v) is 11.9. The van der Waals surface area contributed by atoms with E-state index < -0.39 is 6.29 Å². The van der Waals surface area contributed by atoms with Gasteiger partial charge in [-0.25, -0.2) is 0 Å². The summed E-state index contributed by atoms with van der Waals surface area (Å²) in [6.07, 6.45) is 3.26. The van der Waals surface area contributed by atoms with Gasteiger partial charge in [-0.2, -0.15) is 0 Å². The number of ether oxygens (including phenoxy) is 4. The maximum absolute atomic E-state index is 12.5. The van der Waals surface area contributed by atoms with Gasteiger partial charge in [-0.05, 0) is 58.5 Å². The number of hydrogen-bond donors (Lipinski definition) is 2. The maximum atomic E-state index is 12.5. The summed E-state index contributed by atoms with van der Waals surface area (Å²) < 4.78 is 24.5. The molecule has 240 valence electrons. The average Bonchev–Trinajstić information content (AvgIpc) is 3.11. The molecule has 0 bridgehead atoms. The first-order chi connectivity index (χ1) is 22.4. The van der Waals surface area contributed by atoms with Gasteiger partial charge in [0.15, 0.2) is 17.8 Å². The Morgan fingerprint density at radius 2 is 1.65 bits per heavy atom. The standard InChI is InChI=1S/C37H41N3O6/c1-24-34(22-40-16-14-29-17-32(43-2)33(44-3)18-31(29)21-40)45-37(46-35(24)27-10-8-26(23-41)9-11-27)28-12-6-25(7-13-28)19-39-36(42)30-5-4-15-38-20-30/h4-13,15,17-18,20,24,34-35,37,41H,14,16,19,21-23H2,1-3H3,(H,39,42)/t24-,34+,35+,37+/m1/s1. The minimum Gasteiger partial charge on any atom is -0.493 e. The Morgan fingerprint density at radius 3 is 2.33 bits per heavy atom. The molecule has 1 amide bonds. The highest BCUT2D eigenvalue weighted by atomic mass is 16.7. The lowest BCUT2D eigenvalue weighted by molar-refractivity contribution is -0.276. The third kappa shape index (κ3) is 7.08. The molecule has 1 saturated heterocycles. The van der Waals surface area contributed by atoms with Gasteiger partial charge in [-0.15, -0.1) is 0 Å². The molecule has 2 N–H and O–H groups in total. The summed E-state index contributed by atoms with van der Waals surface area (Å²) in [6, 6.07) is 23.6. The number of pyridine rings is 1. The maximum Gasteiger partial charge on any atom is 0.253 e. The number of nitrogens with one attached hydrogen (secondary N) is 1. The van der Waals surface area contributed by atoms with Gasteiger partial charge in [0.1, 0.15) is 0 Å². The number of fused-ring (bicyclic) bond motifs is 1. The molecule has 3 aromatic carbocycles. The van der Waals surface area contributed by atoms with Gasteiger partial charge >= 0.3 is 0 Å². The summed E-state index contributed by atoms with van der Waals surface area (Å²) in [4.78, 5) is 18.9. The third-order valence-corrected chi connectivity index (χ3v) is 8.99. The number of benzene rings is 3. The van der Waals surface area contributed by atoms with E-state index in [-0.39, 0.29) is 30.6 Å². The zero-order valence-corrected chi connectivity index (χ0v) is 26.5. The molecule has 0 unspecified atom stereocenters. The Bertz CT molecular complexity index is 1610. The fraction of sp³-hybridized carbons (Fsp3) is 0.351. The van der Waals surface area contributed by atoms with E-state index in [4.69, 9.17) is 18.9 Å². The Labute approximate surface area is 270 Å². The van der Waals surface area contributed by atoms with E-state index in [1.807, 2.05) is 48.5 Å². The fourth-order valence-electron chi connectivity index (χ4n) is 6.25. The highest BCUT2D eigenvalue weighted by Gasteiger charge is 2.39. The van der Waals surface area contributed by atoms with Gasteiger partial charge in [0.25, 0.3) is 5.91 Å². The van der Waals surface area contributed by atoms with Crippen molar-refractivity contribution >= 4 is 5.91 Å². The van der Waals surface area contributed by atoms with E-state index in [2.05, 4.69) is 34.3 Å². The topological polar surface area (TPSA) is 102 Å². The molecule has 6 rings (SSSR count). The van der Waals surface area contributed by atoms with Crippen LogP contribution in [0.5, 0.6) is 11.5 Å². The van der Waals surface area contributed by atoms with E-state index in [9.17, 15) is 9.90 Å². The van der Waals surface area contributed by atoms with Crippen LogP contribution in [0.4, 0.5) is 0 Å². The van der Waals surface area contributed by atoms with Crippen molar-refractivity contribution in [3.8, 4) is 11.5 Å². The Hall–Kier alpha value is -4.28. The van der Waals surface area contributed by atoms with Crippen LogP contribution in [0.25, 0.3) is 0 Å². The van der Waals surface area contributed by atoms with Gasteiger partial charge in [-0.1, -0.05) is 55.5 Å². The van der Waals surface area contributed by atoms with E-state index in [0.29, 0.717) is 12.1 Å². The largest absolute Gasteiger partial charge is 0.493 e. The lowest BCUT2D eigenvalue weighted by Crippen LogP contribution is -2.45. The van der Waals surface area contributed by atoms with Crippen molar-refractivity contribution in [3.05, 3.63) is 124 Å². The van der Waals surface area contributed by atoms with E-state index in [1.54, 1.807) is 38.7 Å². The van der Waals surface area contributed by atoms with Crippen LogP contribution in [-0.2, 0) is 35.6 Å². The normalized spacial score (nSPS) is 21.3. The second kappa shape index (κ2) is 14.4. The lowest BCUT2D eigenvalue weighted by atomic mass is 9.89. The van der Waals surface area contributed by atoms with Crippen LogP contribution >= 0.6 is 0 Å². The molecule has 46 heavy (non-hydrogen) atoms. The van der Waals surface area contributed by atoms with Gasteiger partial charge in [0.05, 0.1) is 38.6 Å². The van der Waals surface area contributed by atoms with Crippen LogP contribution in [0.1, 0.15) is 63.1 Å². The summed E-state index contributed by atoms with van der Waals surface area (Å²) in [6.45, 7) is 5.04. The average molecular weight is 624 g/mol. The quantitative estimate of drug-likeness (QED) is 0.243. The number of methoxy groups -OCH3 is 2. The van der Waals surface area contributed by atoms with E-state index in [1.165, 1.54) is 11.1 Å². The molecule has 2 aliphatic heterocycles. The van der Waals surface area contributed by atoms with Gasteiger partial charge < -0.3 is 29.4 Å². The van der Waals surface area contributed by atoms with Crippen LogP contribution < -0.4 is 14.8 Å². The van der Waals surface area contributed by atoms with Gasteiger partial charge in [0, 0.05) is 50.1 Å². The Morgan fingerprint density at radius 1 is 0.957 bits per heavy atom. The van der Waals surface area contributed by atoms with Gasteiger partial charge in [-0.3, -0.25) is 14.7 Å².